The van der Waals surface area contributed by atoms with Crippen LogP contribution in [0.1, 0.15) is 20.3 Å². The second-order valence-electron chi connectivity index (χ2n) is 4.22. The number of hydrogen-bond acceptors (Lipinski definition) is 4. The van der Waals surface area contributed by atoms with Gasteiger partial charge >= 0.3 is 5.97 Å². The monoisotopic (exact) mass is 381 g/mol. The molecule has 0 heterocycles. The molecule has 0 aliphatic rings. The molecule has 0 atom stereocenters. The Balaban J connectivity index is 3.09. The van der Waals surface area contributed by atoms with Crippen LogP contribution in [-0.4, -0.2) is 38.4 Å². The van der Waals surface area contributed by atoms with Crippen LogP contribution in [0.3, 0.4) is 0 Å². The lowest BCUT2D eigenvalue weighted by atomic mass is 10.3. The van der Waals surface area contributed by atoms with Crippen molar-refractivity contribution in [2.24, 2.45) is 0 Å². The molecular formula is C13H17BrFNO4S. The van der Waals surface area contributed by atoms with Crippen LogP contribution < -0.4 is 0 Å². The third-order valence-corrected chi connectivity index (χ3v) is 5.10. The van der Waals surface area contributed by atoms with E-state index in [9.17, 15) is 17.6 Å². The van der Waals surface area contributed by atoms with E-state index in [0.29, 0.717) is 6.42 Å². The maximum absolute atomic E-state index is 13.5. The molecule has 5 nitrogen and oxygen atoms in total. The van der Waals surface area contributed by atoms with Gasteiger partial charge in [-0.25, -0.2) is 12.8 Å². The van der Waals surface area contributed by atoms with E-state index < -0.39 is 21.8 Å². The molecule has 0 aliphatic heterocycles. The summed E-state index contributed by atoms with van der Waals surface area (Å²) in [5.41, 5.74) is 0. The van der Waals surface area contributed by atoms with E-state index in [2.05, 4.69) is 15.9 Å². The van der Waals surface area contributed by atoms with Crippen LogP contribution in [0, 0.1) is 5.82 Å². The van der Waals surface area contributed by atoms with Gasteiger partial charge < -0.3 is 4.74 Å². The molecular weight excluding hydrogens is 365 g/mol. The van der Waals surface area contributed by atoms with Gasteiger partial charge in [-0.1, -0.05) is 6.92 Å². The molecule has 0 saturated carbocycles. The zero-order valence-electron chi connectivity index (χ0n) is 11.8. The van der Waals surface area contributed by atoms with Gasteiger partial charge in [0.05, 0.1) is 16.0 Å². The Hall–Kier alpha value is -0.990. The highest BCUT2D eigenvalue weighted by Crippen LogP contribution is 2.22. The Labute approximate surface area is 132 Å². The lowest BCUT2D eigenvalue weighted by Gasteiger charge is -2.20. The largest absolute Gasteiger partial charge is 0.465 e. The van der Waals surface area contributed by atoms with Gasteiger partial charge in [0.2, 0.25) is 10.0 Å². The van der Waals surface area contributed by atoms with Crippen LogP contribution in [0.2, 0.25) is 0 Å². The van der Waals surface area contributed by atoms with Crippen LogP contribution in [-0.2, 0) is 19.6 Å². The molecule has 0 radical (unpaired) electrons. The first kappa shape index (κ1) is 18.1. The molecule has 0 aliphatic carbocycles. The molecule has 21 heavy (non-hydrogen) atoms. The average molecular weight is 382 g/mol. The number of rotatable bonds is 7. The summed E-state index contributed by atoms with van der Waals surface area (Å²) in [6, 6.07) is 3.53. The minimum atomic E-state index is -3.94. The van der Waals surface area contributed by atoms with Crippen molar-refractivity contribution in [2.45, 2.75) is 25.2 Å². The molecule has 1 aromatic carbocycles. The minimum absolute atomic E-state index is 0.152. The van der Waals surface area contributed by atoms with Crippen LogP contribution in [0.4, 0.5) is 4.39 Å². The number of halogens is 2. The van der Waals surface area contributed by atoms with Gasteiger partial charge in [0.25, 0.3) is 0 Å². The van der Waals surface area contributed by atoms with Crippen molar-refractivity contribution in [1.82, 2.24) is 4.31 Å². The zero-order valence-corrected chi connectivity index (χ0v) is 14.2. The summed E-state index contributed by atoms with van der Waals surface area (Å²) < 4.78 is 44.4. The number of hydrogen-bond donors (Lipinski definition) is 0. The van der Waals surface area contributed by atoms with E-state index in [-0.39, 0.29) is 29.1 Å². The third-order valence-electron chi connectivity index (χ3n) is 2.61. The molecule has 0 spiro atoms. The molecule has 8 heteroatoms. The first-order valence-corrected chi connectivity index (χ1v) is 8.67. The van der Waals surface area contributed by atoms with E-state index in [4.69, 9.17) is 4.74 Å². The second kappa shape index (κ2) is 7.86. The highest BCUT2D eigenvalue weighted by molar-refractivity contribution is 9.10. The van der Waals surface area contributed by atoms with Crippen LogP contribution in [0.5, 0.6) is 0 Å². The fourth-order valence-electron chi connectivity index (χ4n) is 1.67. The Kier molecular flexibility index (Phi) is 6.76. The maximum Gasteiger partial charge on any atom is 0.321 e. The van der Waals surface area contributed by atoms with Crippen LogP contribution in [0.15, 0.2) is 27.6 Å². The van der Waals surface area contributed by atoms with Gasteiger partial charge in [0.1, 0.15) is 12.4 Å². The van der Waals surface area contributed by atoms with Crippen LogP contribution in [0.25, 0.3) is 0 Å². The van der Waals surface area contributed by atoms with Crippen molar-refractivity contribution < 1.29 is 22.3 Å². The first-order valence-electron chi connectivity index (χ1n) is 6.43. The second-order valence-corrected chi connectivity index (χ2v) is 7.01. The number of sulfonamides is 1. The van der Waals surface area contributed by atoms with Gasteiger partial charge in [-0.3, -0.25) is 4.79 Å². The zero-order chi connectivity index (χ0) is 16.0. The Morgan fingerprint density at radius 3 is 2.57 bits per heavy atom. The summed E-state index contributed by atoms with van der Waals surface area (Å²) in [5.74, 6) is -1.31. The van der Waals surface area contributed by atoms with E-state index in [1.54, 1.807) is 13.8 Å². The van der Waals surface area contributed by atoms with Gasteiger partial charge in [0.15, 0.2) is 0 Å². The van der Waals surface area contributed by atoms with E-state index in [1.165, 1.54) is 12.1 Å². The molecule has 1 aromatic rings. The number of nitrogens with zero attached hydrogens (tertiary/aromatic N) is 1. The first-order chi connectivity index (χ1) is 9.82. The molecule has 0 amide bonds. The quantitative estimate of drug-likeness (QED) is 0.680. The number of carbonyl (C=O) groups is 1. The van der Waals surface area contributed by atoms with Gasteiger partial charge in [-0.05, 0) is 47.5 Å². The van der Waals surface area contributed by atoms with Crippen LogP contribution >= 0.6 is 15.9 Å². The van der Waals surface area contributed by atoms with E-state index >= 15 is 0 Å². The Morgan fingerprint density at radius 2 is 2.05 bits per heavy atom. The summed E-state index contributed by atoms with van der Waals surface area (Å²) in [5, 5.41) is 0. The fourth-order valence-corrected chi connectivity index (χ4v) is 3.41. The molecule has 1 rings (SSSR count). The van der Waals surface area contributed by atoms with Crippen molar-refractivity contribution in [3.8, 4) is 0 Å². The normalized spacial score (nSPS) is 11.7. The van der Waals surface area contributed by atoms with Gasteiger partial charge in [-0.15, -0.1) is 0 Å². The maximum atomic E-state index is 13.5. The number of carbonyl (C=O) groups excluding carboxylic acids is 1. The van der Waals surface area contributed by atoms with Crippen molar-refractivity contribution in [3.63, 3.8) is 0 Å². The van der Waals surface area contributed by atoms with Crippen molar-refractivity contribution in [2.75, 3.05) is 19.7 Å². The lowest BCUT2D eigenvalue weighted by molar-refractivity contribution is -0.143. The predicted molar refractivity (Wildman–Crippen MR) is 79.8 cm³/mol. The van der Waals surface area contributed by atoms with E-state index in [1.807, 2.05) is 0 Å². The molecule has 118 valence electrons. The Morgan fingerprint density at radius 1 is 1.38 bits per heavy atom. The smallest absolute Gasteiger partial charge is 0.321 e. The van der Waals surface area contributed by atoms with Gasteiger partial charge in [-0.2, -0.15) is 4.31 Å². The van der Waals surface area contributed by atoms with Crippen molar-refractivity contribution >= 4 is 31.9 Å². The molecule has 0 saturated heterocycles. The number of ether oxygens (including phenoxy) is 1. The topological polar surface area (TPSA) is 63.7 Å². The molecule has 0 N–H and O–H groups in total. The number of esters is 1. The summed E-state index contributed by atoms with van der Waals surface area (Å²) in [6.45, 7) is 3.36. The minimum Gasteiger partial charge on any atom is -0.465 e. The van der Waals surface area contributed by atoms with Gasteiger partial charge in [0, 0.05) is 6.54 Å². The van der Waals surface area contributed by atoms with E-state index in [0.717, 1.165) is 10.4 Å². The highest BCUT2D eigenvalue weighted by atomic mass is 79.9. The highest BCUT2D eigenvalue weighted by Gasteiger charge is 2.27. The summed E-state index contributed by atoms with van der Waals surface area (Å²) in [7, 11) is -3.94. The SMILES string of the molecule is CCCN(CC(=O)OCC)S(=O)(=O)c1ccc(Br)c(F)c1. The molecule has 0 fully saturated rings. The summed E-state index contributed by atoms with van der Waals surface area (Å²) >= 11 is 2.97. The summed E-state index contributed by atoms with van der Waals surface area (Å²) in [4.78, 5) is 11.3. The van der Waals surface area contributed by atoms with Crippen molar-refractivity contribution in [3.05, 3.63) is 28.5 Å². The predicted octanol–water partition coefficient (Wildman–Crippen LogP) is 2.55. The summed E-state index contributed by atoms with van der Waals surface area (Å²) in [6.07, 6.45) is 0.525. The molecule has 0 aromatic heterocycles. The lowest BCUT2D eigenvalue weighted by Crippen LogP contribution is -2.37. The molecule has 0 unspecified atom stereocenters. The fraction of sp³-hybridized carbons (Fsp3) is 0.462. The number of benzene rings is 1. The molecule has 0 bridgehead atoms. The standard InChI is InChI=1S/C13H17BrFNO4S/c1-3-7-16(9-13(17)20-4-2)21(18,19)10-5-6-11(14)12(15)8-10/h5-6,8H,3-4,7,9H2,1-2H3. The third kappa shape index (κ3) is 4.76. The Bertz CT molecular complexity index is 606. The average Bonchev–Trinajstić information content (AvgIpc) is 2.41. The van der Waals surface area contributed by atoms with Crippen molar-refractivity contribution in [1.29, 1.82) is 0 Å².